The zero-order valence-corrected chi connectivity index (χ0v) is 19.0. The van der Waals surface area contributed by atoms with Gasteiger partial charge in [0.1, 0.15) is 0 Å². The van der Waals surface area contributed by atoms with E-state index in [0.29, 0.717) is 41.9 Å². The maximum atomic E-state index is 12.5. The van der Waals surface area contributed by atoms with Crippen LogP contribution in [0.15, 0.2) is 60.0 Å². The molecule has 0 atom stereocenters. The summed E-state index contributed by atoms with van der Waals surface area (Å²) in [5, 5.41) is 6.02. The lowest BCUT2D eigenvalue weighted by Crippen LogP contribution is -2.48. The van der Waals surface area contributed by atoms with E-state index in [4.69, 9.17) is 23.2 Å². The smallest absolute Gasteiger partial charge is 0.264 e. The molecule has 1 aromatic heterocycles. The second kappa shape index (κ2) is 9.73. The highest BCUT2D eigenvalue weighted by molar-refractivity contribution is 7.12. The van der Waals surface area contributed by atoms with Crippen molar-refractivity contribution in [3.8, 4) is 0 Å². The summed E-state index contributed by atoms with van der Waals surface area (Å²) in [4.78, 5) is 29.7. The van der Waals surface area contributed by atoms with Crippen molar-refractivity contribution in [1.29, 1.82) is 0 Å². The molecule has 2 aromatic carbocycles. The zero-order chi connectivity index (χ0) is 21.8. The number of halogens is 2. The van der Waals surface area contributed by atoms with Crippen LogP contribution >= 0.6 is 34.5 Å². The van der Waals surface area contributed by atoms with Crippen LogP contribution in [-0.2, 0) is 11.2 Å². The molecule has 3 aromatic rings. The molecule has 1 saturated heterocycles. The highest BCUT2D eigenvalue weighted by Crippen LogP contribution is 2.30. The van der Waals surface area contributed by atoms with E-state index in [-0.39, 0.29) is 18.2 Å². The number of hydrogen-bond acceptors (Lipinski definition) is 4. The van der Waals surface area contributed by atoms with Crippen LogP contribution in [-0.4, -0.2) is 42.9 Å². The Kier molecular flexibility index (Phi) is 6.80. The van der Waals surface area contributed by atoms with Gasteiger partial charge in [-0.2, -0.15) is 0 Å². The first-order chi connectivity index (χ1) is 15.0. The Balaban J connectivity index is 1.34. The second-order valence-corrected chi connectivity index (χ2v) is 9.07. The number of thiophene rings is 1. The average Bonchev–Trinajstić information content (AvgIpc) is 3.30. The van der Waals surface area contributed by atoms with Gasteiger partial charge in [-0.3, -0.25) is 9.59 Å². The number of nitrogens with one attached hydrogen (secondary N) is 1. The molecule has 1 aliphatic rings. The van der Waals surface area contributed by atoms with Crippen LogP contribution in [0.3, 0.4) is 0 Å². The molecule has 1 fully saturated rings. The largest absolute Gasteiger partial charge is 0.367 e. The number of rotatable bonds is 5. The highest BCUT2D eigenvalue weighted by atomic mass is 35.5. The fourth-order valence-electron chi connectivity index (χ4n) is 3.54. The van der Waals surface area contributed by atoms with E-state index in [1.54, 1.807) is 18.2 Å². The fourth-order valence-corrected chi connectivity index (χ4v) is 4.66. The molecule has 0 aliphatic carbocycles. The number of amides is 2. The van der Waals surface area contributed by atoms with Crippen molar-refractivity contribution in [2.24, 2.45) is 0 Å². The van der Waals surface area contributed by atoms with Crippen molar-refractivity contribution in [3.05, 3.63) is 80.5 Å². The SMILES string of the molecule is O=C(Cc1ccc(Cl)cc1)Nc1ccc(N2CCN(C(=O)c3cccs3)CC2)c(Cl)c1. The summed E-state index contributed by atoms with van der Waals surface area (Å²) >= 11 is 13.9. The van der Waals surface area contributed by atoms with E-state index in [0.717, 1.165) is 16.1 Å². The summed E-state index contributed by atoms with van der Waals surface area (Å²) in [6.45, 7) is 2.71. The molecule has 5 nitrogen and oxygen atoms in total. The summed E-state index contributed by atoms with van der Waals surface area (Å²) in [5.74, 6) is -0.0358. The maximum Gasteiger partial charge on any atom is 0.264 e. The van der Waals surface area contributed by atoms with Crippen molar-refractivity contribution < 1.29 is 9.59 Å². The van der Waals surface area contributed by atoms with Gasteiger partial charge in [-0.05, 0) is 47.3 Å². The first kappa shape index (κ1) is 21.7. The summed E-state index contributed by atoms with van der Waals surface area (Å²) in [5.41, 5.74) is 2.44. The standard InChI is InChI=1S/C23H21Cl2N3O2S/c24-17-5-3-16(4-6-17)14-22(29)26-18-7-8-20(19(25)15-18)27-9-11-28(12-10-27)23(30)21-2-1-13-31-21/h1-8,13,15H,9-12,14H2,(H,26,29). The molecule has 8 heteroatoms. The number of piperazine rings is 1. The quantitative estimate of drug-likeness (QED) is 0.553. The van der Waals surface area contributed by atoms with Crippen LogP contribution in [0.1, 0.15) is 15.2 Å². The Morgan fingerprint density at radius 2 is 1.71 bits per heavy atom. The van der Waals surface area contributed by atoms with E-state index in [1.807, 2.05) is 46.7 Å². The normalized spacial score (nSPS) is 13.9. The lowest BCUT2D eigenvalue weighted by Gasteiger charge is -2.36. The molecule has 1 N–H and O–H groups in total. The van der Waals surface area contributed by atoms with Crippen molar-refractivity contribution in [3.63, 3.8) is 0 Å². The van der Waals surface area contributed by atoms with E-state index in [1.165, 1.54) is 11.3 Å². The third-order valence-electron chi connectivity index (χ3n) is 5.15. The van der Waals surface area contributed by atoms with E-state index in [9.17, 15) is 9.59 Å². The van der Waals surface area contributed by atoms with Gasteiger partial charge >= 0.3 is 0 Å². The third kappa shape index (κ3) is 5.39. The number of nitrogens with zero attached hydrogens (tertiary/aromatic N) is 2. The van der Waals surface area contributed by atoms with E-state index >= 15 is 0 Å². The van der Waals surface area contributed by atoms with Gasteiger partial charge in [0.25, 0.3) is 5.91 Å². The molecule has 0 spiro atoms. The number of hydrogen-bond donors (Lipinski definition) is 1. The Labute approximate surface area is 195 Å². The van der Waals surface area contributed by atoms with Gasteiger partial charge < -0.3 is 15.1 Å². The third-order valence-corrected chi connectivity index (χ3v) is 6.56. The molecule has 160 valence electrons. The summed E-state index contributed by atoms with van der Waals surface area (Å²) in [6.07, 6.45) is 0.261. The molecule has 0 radical (unpaired) electrons. The Morgan fingerprint density at radius 3 is 2.35 bits per heavy atom. The Bertz CT molecular complexity index is 1060. The fraction of sp³-hybridized carbons (Fsp3) is 0.217. The molecule has 0 saturated carbocycles. The van der Waals surface area contributed by atoms with Gasteiger partial charge in [0.15, 0.2) is 0 Å². The molecular weight excluding hydrogens is 453 g/mol. The lowest BCUT2D eigenvalue weighted by molar-refractivity contribution is -0.115. The van der Waals surface area contributed by atoms with Gasteiger partial charge in [-0.25, -0.2) is 0 Å². The number of benzene rings is 2. The average molecular weight is 474 g/mol. The molecule has 2 amide bonds. The van der Waals surface area contributed by atoms with Gasteiger partial charge in [0, 0.05) is 36.9 Å². The van der Waals surface area contributed by atoms with Crippen LogP contribution in [0.5, 0.6) is 0 Å². The summed E-state index contributed by atoms with van der Waals surface area (Å²) in [7, 11) is 0. The van der Waals surface area contributed by atoms with Crippen LogP contribution in [0, 0.1) is 0 Å². The van der Waals surface area contributed by atoms with Crippen LogP contribution in [0.2, 0.25) is 10.0 Å². The van der Waals surface area contributed by atoms with Crippen molar-refractivity contribution in [1.82, 2.24) is 4.90 Å². The minimum atomic E-state index is -0.119. The molecular formula is C23H21Cl2N3O2S. The first-order valence-corrected chi connectivity index (χ1v) is 11.5. The van der Waals surface area contributed by atoms with Gasteiger partial charge in [0.05, 0.1) is 22.0 Å². The summed E-state index contributed by atoms with van der Waals surface area (Å²) in [6, 6.07) is 16.5. The van der Waals surface area contributed by atoms with Crippen molar-refractivity contribution in [2.75, 3.05) is 36.4 Å². The maximum absolute atomic E-state index is 12.5. The minimum Gasteiger partial charge on any atom is -0.367 e. The predicted octanol–water partition coefficient (Wildman–Crippen LogP) is 5.20. The topological polar surface area (TPSA) is 52.7 Å². The molecule has 0 unspecified atom stereocenters. The molecule has 2 heterocycles. The van der Waals surface area contributed by atoms with Gasteiger partial charge in [-0.15, -0.1) is 11.3 Å². The van der Waals surface area contributed by atoms with Crippen LogP contribution in [0.4, 0.5) is 11.4 Å². The van der Waals surface area contributed by atoms with Crippen LogP contribution in [0.25, 0.3) is 0 Å². The van der Waals surface area contributed by atoms with Crippen molar-refractivity contribution >= 4 is 57.7 Å². The minimum absolute atomic E-state index is 0.0829. The summed E-state index contributed by atoms with van der Waals surface area (Å²) < 4.78 is 0. The molecule has 0 bridgehead atoms. The second-order valence-electron chi connectivity index (χ2n) is 7.27. The van der Waals surface area contributed by atoms with Crippen LogP contribution < -0.4 is 10.2 Å². The van der Waals surface area contributed by atoms with E-state index < -0.39 is 0 Å². The molecule has 1 aliphatic heterocycles. The highest BCUT2D eigenvalue weighted by Gasteiger charge is 2.24. The Hall–Kier alpha value is -2.54. The van der Waals surface area contributed by atoms with Gasteiger partial charge in [0.2, 0.25) is 5.91 Å². The Morgan fingerprint density at radius 1 is 0.968 bits per heavy atom. The predicted molar refractivity (Wildman–Crippen MR) is 128 cm³/mol. The molecule has 4 rings (SSSR count). The monoisotopic (exact) mass is 473 g/mol. The lowest BCUT2D eigenvalue weighted by atomic mass is 10.1. The number of carbonyl (C=O) groups excluding carboxylic acids is 2. The van der Waals surface area contributed by atoms with Crippen molar-refractivity contribution in [2.45, 2.75) is 6.42 Å². The zero-order valence-electron chi connectivity index (χ0n) is 16.7. The molecule has 31 heavy (non-hydrogen) atoms. The van der Waals surface area contributed by atoms with Gasteiger partial charge in [-0.1, -0.05) is 41.4 Å². The van der Waals surface area contributed by atoms with E-state index in [2.05, 4.69) is 10.2 Å². The number of anilines is 2. The number of carbonyl (C=O) groups is 2. The first-order valence-electron chi connectivity index (χ1n) is 9.91.